The number of hydrogen-bond donors (Lipinski definition) is 2. The molecule has 1 heterocycles. The second-order valence-electron chi connectivity index (χ2n) is 4.22. The molecule has 2 N–H and O–H groups in total. The Balaban J connectivity index is 1.94. The van der Waals surface area contributed by atoms with Crippen molar-refractivity contribution in [2.75, 3.05) is 11.8 Å². The molecule has 0 radical (unpaired) electrons. The van der Waals surface area contributed by atoms with Crippen molar-refractivity contribution in [3.8, 4) is 0 Å². The SMILES string of the molecule is O=S(=O)(CCl)NC1CC2CNC(C2)C1. The molecule has 0 aromatic heterocycles. The second kappa shape index (κ2) is 3.96. The van der Waals surface area contributed by atoms with E-state index in [2.05, 4.69) is 10.0 Å². The lowest BCUT2D eigenvalue weighted by Crippen LogP contribution is -2.41. The molecule has 1 aliphatic heterocycles. The summed E-state index contributed by atoms with van der Waals surface area (Å²) in [5.74, 6) is 0.636. The number of alkyl halides is 1. The van der Waals surface area contributed by atoms with Crippen LogP contribution in [0.2, 0.25) is 0 Å². The lowest BCUT2D eigenvalue weighted by molar-refractivity contribution is 0.346. The van der Waals surface area contributed by atoms with Gasteiger partial charge < -0.3 is 5.32 Å². The van der Waals surface area contributed by atoms with E-state index in [1.165, 1.54) is 6.42 Å². The van der Waals surface area contributed by atoms with Crippen molar-refractivity contribution in [3.05, 3.63) is 0 Å². The van der Waals surface area contributed by atoms with Crippen LogP contribution in [0.5, 0.6) is 0 Å². The molecule has 0 aromatic rings. The van der Waals surface area contributed by atoms with Crippen LogP contribution in [0.25, 0.3) is 0 Å². The molecule has 4 nitrogen and oxygen atoms in total. The molecule has 3 unspecified atom stereocenters. The summed E-state index contributed by atoms with van der Waals surface area (Å²) in [5.41, 5.74) is 0. The first kappa shape index (κ1) is 10.7. The van der Waals surface area contributed by atoms with Gasteiger partial charge in [-0.15, -0.1) is 11.6 Å². The largest absolute Gasteiger partial charge is 0.314 e. The number of fused-ring (bicyclic) bond motifs is 2. The van der Waals surface area contributed by atoms with E-state index < -0.39 is 10.0 Å². The Hall–Kier alpha value is 0.160. The number of hydrogen-bond acceptors (Lipinski definition) is 3. The van der Waals surface area contributed by atoms with E-state index in [4.69, 9.17) is 11.6 Å². The number of nitrogens with one attached hydrogen (secondary N) is 2. The minimum atomic E-state index is -3.25. The molecule has 3 atom stereocenters. The van der Waals surface area contributed by atoms with Gasteiger partial charge >= 0.3 is 0 Å². The summed E-state index contributed by atoms with van der Waals surface area (Å²) in [6, 6.07) is 0.578. The van der Waals surface area contributed by atoms with Gasteiger partial charge in [0.15, 0.2) is 0 Å². The Kier molecular flexibility index (Phi) is 3.02. The molecule has 2 rings (SSSR count). The summed E-state index contributed by atoms with van der Waals surface area (Å²) < 4.78 is 25.1. The highest BCUT2D eigenvalue weighted by Crippen LogP contribution is 2.29. The third-order valence-corrected chi connectivity index (χ3v) is 4.83. The molecule has 82 valence electrons. The highest BCUT2D eigenvalue weighted by molar-refractivity contribution is 7.90. The lowest BCUT2D eigenvalue weighted by Gasteiger charge is -2.27. The highest BCUT2D eigenvalue weighted by atomic mass is 35.5. The van der Waals surface area contributed by atoms with Gasteiger partial charge in [0.05, 0.1) is 0 Å². The molecule has 1 saturated carbocycles. The van der Waals surface area contributed by atoms with Gasteiger partial charge in [-0.05, 0) is 31.7 Å². The van der Waals surface area contributed by atoms with Crippen LogP contribution in [-0.2, 0) is 10.0 Å². The van der Waals surface area contributed by atoms with Gasteiger partial charge in [0.1, 0.15) is 5.21 Å². The quantitative estimate of drug-likeness (QED) is 0.693. The molecular formula is C8H15ClN2O2S. The summed E-state index contributed by atoms with van der Waals surface area (Å²) in [7, 11) is -3.25. The predicted molar refractivity (Wildman–Crippen MR) is 55.7 cm³/mol. The van der Waals surface area contributed by atoms with E-state index in [0.717, 1.165) is 19.4 Å². The minimum absolute atomic E-state index is 0.0810. The molecule has 0 amide bonds. The zero-order valence-corrected chi connectivity index (χ0v) is 9.44. The van der Waals surface area contributed by atoms with Crippen LogP contribution in [-0.4, -0.2) is 32.3 Å². The van der Waals surface area contributed by atoms with E-state index in [0.29, 0.717) is 12.0 Å². The Labute approximate surface area is 89.4 Å². The van der Waals surface area contributed by atoms with Gasteiger partial charge in [-0.25, -0.2) is 13.1 Å². The first-order chi connectivity index (χ1) is 6.59. The molecule has 2 fully saturated rings. The average molecular weight is 239 g/mol. The molecule has 14 heavy (non-hydrogen) atoms. The maximum absolute atomic E-state index is 11.2. The van der Waals surface area contributed by atoms with Crippen LogP contribution in [0.3, 0.4) is 0 Å². The van der Waals surface area contributed by atoms with Crippen molar-refractivity contribution >= 4 is 21.6 Å². The zero-order chi connectivity index (χ0) is 10.2. The monoisotopic (exact) mass is 238 g/mol. The van der Waals surface area contributed by atoms with Crippen molar-refractivity contribution in [3.63, 3.8) is 0 Å². The van der Waals surface area contributed by atoms with Gasteiger partial charge in [0, 0.05) is 12.1 Å². The molecule has 2 aliphatic rings. The standard InChI is InChI=1S/C8H15ClN2O2S/c9-5-14(12,13)11-8-2-6-1-7(3-8)10-4-6/h6-8,10-11H,1-5H2. The molecule has 0 spiro atoms. The maximum Gasteiger partial charge on any atom is 0.225 e. The number of halogens is 1. The third-order valence-electron chi connectivity index (χ3n) is 2.99. The van der Waals surface area contributed by atoms with Crippen LogP contribution in [0.4, 0.5) is 0 Å². The smallest absolute Gasteiger partial charge is 0.225 e. The van der Waals surface area contributed by atoms with Gasteiger partial charge in [-0.3, -0.25) is 0 Å². The molecule has 1 saturated heterocycles. The minimum Gasteiger partial charge on any atom is -0.314 e. The Morgan fingerprint density at radius 3 is 2.79 bits per heavy atom. The summed E-state index contributed by atoms with van der Waals surface area (Å²) >= 11 is 5.33. The van der Waals surface area contributed by atoms with Crippen LogP contribution in [0.15, 0.2) is 0 Å². The van der Waals surface area contributed by atoms with Crippen molar-refractivity contribution in [2.45, 2.75) is 31.3 Å². The molecule has 1 aliphatic carbocycles. The van der Waals surface area contributed by atoms with Gasteiger partial charge in [0.2, 0.25) is 10.0 Å². The fraction of sp³-hybridized carbons (Fsp3) is 1.00. The van der Waals surface area contributed by atoms with Crippen molar-refractivity contribution in [1.29, 1.82) is 0 Å². The van der Waals surface area contributed by atoms with Crippen LogP contribution in [0, 0.1) is 5.92 Å². The van der Waals surface area contributed by atoms with E-state index >= 15 is 0 Å². The van der Waals surface area contributed by atoms with Gasteiger partial charge in [-0.2, -0.15) is 0 Å². The molecule has 0 aromatic carbocycles. The van der Waals surface area contributed by atoms with E-state index in [1.807, 2.05) is 0 Å². The fourth-order valence-electron chi connectivity index (χ4n) is 2.49. The Bertz CT molecular complexity index is 294. The van der Waals surface area contributed by atoms with E-state index in [9.17, 15) is 8.42 Å². The van der Waals surface area contributed by atoms with Gasteiger partial charge in [0.25, 0.3) is 0 Å². The van der Waals surface area contributed by atoms with E-state index in [-0.39, 0.29) is 11.3 Å². The summed E-state index contributed by atoms with van der Waals surface area (Å²) in [6.07, 6.45) is 3.03. The first-order valence-corrected chi connectivity index (χ1v) is 7.07. The zero-order valence-electron chi connectivity index (χ0n) is 7.87. The van der Waals surface area contributed by atoms with Crippen molar-refractivity contribution in [2.24, 2.45) is 5.92 Å². The third kappa shape index (κ3) is 2.39. The normalized spacial score (nSPS) is 37.4. The Morgan fingerprint density at radius 1 is 1.36 bits per heavy atom. The number of sulfonamides is 1. The second-order valence-corrected chi connectivity index (χ2v) is 6.56. The Morgan fingerprint density at radius 2 is 2.14 bits per heavy atom. The topological polar surface area (TPSA) is 58.2 Å². The van der Waals surface area contributed by atoms with Crippen LogP contribution < -0.4 is 10.0 Å². The summed E-state index contributed by atoms with van der Waals surface area (Å²) in [5, 5.41) is 3.04. The number of rotatable bonds is 3. The maximum atomic E-state index is 11.2. The van der Waals surface area contributed by atoms with Crippen LogP contribution in [0.1, 0.15) is 19.3 Å². The fourth-order valence-corrected chi connectivity index (χ4v) is 3.44. The molecule has 6 heteroatoms. The summed E-state index contributed by atoms with van der Waals surface area (Å²) in [6.45, 7) is 1.03. The molecule has 2 bridgehead atoms. The lowest BCUT2D eigenvalue weighted by atomic mass is 9.87. The van der Waals surface area contributed by atoms with E-state index in [1.54, 1.807) is 0 Å². The van der Waals surface area contributed by atoms with Gasteiger partial charge in [-0.1, -0.05) is 0 Å². The predicted octanol–water partition coefficient (Wildman–Crippen LogP) is 0.243. The van der Waals surface area contributed by atoms with Crippen LogP contribution >= 0.6 is 11.6 Å². The van der Waals surface area contributed by atoms with Crippen molar-refractivity contribution in [1.82, 2.24) is 10.0 Å². The van der Waals surface area contributed by atoms with Crippen molar-refractivity contribution < 1.29 is 8.42 Å². The summed E-state index contributed by atoms with van der Waals surface area (Å²) in [4.78, 5) is 0. The molecular weight excluding hydrogens is 224 g/mol. The highest BCUT2D eigenvalue weighted by Gasteiger charge is 2.35. The first-order valence-electron chi connectivity index (χ1n) is 4.88. The average Bonchev–Trinajstić information content (AvgIpc) is 2.45.